The van der Waals surface area contributed by atoms with Gasteiger partial charge in [-0.1, -0.05) is 0 Å². The van der Waals surface area contributed by atoms with E-state index in [1.165, 1.54) is 47.7 Å². The van der Waals surface area contributed by atoms with Gasteiger partial charge in [-0.2, -0.15) is 5.10 Å². The first-order valence-corrected chi connectivity index (χ1v) is 16.3. The quantitative estimate of drug-likeness (QED) is 0.117. The summed E-state index contributed by atoms with van der Waals surface area (Å²) >= 11 is 1.42. The molecule has 1 unspecified atom stereocenters. The summed E-state index contributed by atoms with van der Waals surface area (Å²) in [6, 6.07) is 12.6. The van der Waals surface area contributed by atoms with Gasteiger partial charge in [-0.3, -0.25) is 24.0 Å². The van der Waals surface area contributed by atoms with Crippen molar-refractivity contribution in [2.75, 3.05) is 23.8 Å². The number of carbonyl (C=O) groups is 3. The van der Waals surface area contributed by atoms with Crippen LogP contribution in [0.25, 0.3) is 20.7 Å². The first kappa shape index (κ1) is 31.4. The molecule has 1 aliphatic carbocycles. The fraction of sp³-hybridized carbons (Fsp3) is 0.265. The van der Waals surface area contributed by atoms with Crippen molar-refractivity contribution < 1.29 is 32.6 Å². The number of hydrogen-bond acceptors (Lipinski definition) is 9. The van der Waals surface area contributed by atoms with Gasteiger partial charge in [0, 0.05) is 46.3 Å². The van der Waals surface area contributed by atoms with Crippen LogP contribution < -0.4 is 20.7 Å². The average molecular weight is 673 g/mol. The predicted octanol–water partition coefficient (Wildman–Crippen LogP) is 5.88. The van der Waals surface area contributed by atoms with Gasteiger partial charge in [0.2, 0.25) is 11.8 Å². The van der Waals surface area contributed by atoms with Gasteiger partial charge in [0.1, 0.15) is 29.6 Å². The highest BCUT2D eigenvalue weighted by Crippen LogP contribution is 2.48. The Balaban J connectivity index is 0.987. The van der Waals surface area contributed by atoms with E-state index in [9.17, 15) is 18.8 Å². The van der Waals surface area contributed by atoms with Crippen LogP contribution in [0.1, 0.15) is 25.7 Å². The number of halogens is 2. The van der Waals surface area contributed by atoms with Gasteiger partial charge >= 0.3 is 5.97 Å². The SMILES string of the molecule is O=C(OCCn1cc(-c2cc3nccc(Oc4ccc(NC(=O)C5(C(=O)Nc6ccc(F)cc6)CC5)cc4F)c3s2)cn1)C1CCCN1. The Morgan fingerprint density at radius 2 is 1.77 bits per heavy atom. The van der Waals surface area contributed by atoms with Gasteiger partial charge in [0.05, 0.1) is 23.0 Å². The summed E-state index contributed by atoms with van der Waals surface area (Å²) in [6.07, 6.45) is 7.58. The van der Waals surface area contributed by atoms with Crippen molar-refractivity contribution in [3.63, 3.8) is 0 Å². The van der Waals surface area contributed by atoms with E-state index in [-0.39, 0.29) is 30.1 Å². The molecule has 2 fully saturated rings. The van der Waals surface area contributed by atoms with E-state index < -0.39 is 28.9 Å². The number of amides is 2. The lowest BCUT2D eigenvalue weighted by Crippen LogP contribution is -2.35. The highest BCUT2D eigenvalue weighted by Gasteiger charge is 2.56. The molecule has 14 heteroatoms. The first-order valence-electron chi connectivity index (χ1n) is 15.4. The number of ether oxygens (including phenoxy) is 2. The van der Waals surface area contributed by atoms with Crippen LogP contribution in [-0.2, 0) is 25.7 Å². The number of anilines is 2. The van der Waals surface area contributed by atoms with Crippen molar-refractivity contribution in [3.8, 4) is 21.9 Å². The largest absolute Gasteiger partial charge is 0.463 e. The molecule has 0 bridgehead atoms. The summed E-state index contributed by atoms with van der Waals surface area (Å²) in [6.45, 7) is 1.45. The molecule has 2 amide bonds. The van der Waals surface area contributed by atoms with Crippen LogP contribution in [0.15, 0.2) is 73.2 Å². The molecule has 3 aromatic heterocycles. The van der Waals surface area contributed by atoms with Crippen molar-refractivity contribution in [1.82, 2.24) is 20.1 Å². The molecule has 5 aromatic rings. The number of thiophene rings is 1. The zero-order chi connectivity index (χ0) is 33.3. The molecule has 3 N–H and O–H groups in total. The van der Waals surface area contributed by atoms with Crippen LogP contribution in [-0.4, -0.2) is 51.7 Å². The van der Waals surface area contributed by atoms with Crippen molar-refractivity contribution in [1.29, 1.82) is 0 Å². The van der Waals surface area contributed by atoms with Crippen molar-refractivity contribution >= 4 is 50.7 Å². The number of rotatable bonds is 11. The normalized spacial score (nSPS) is 16.4. The predicted molar refractivity (Wildman–Crippen MR) is 175 cm³/mol. The number of nitrogens with one attached hydrogen (secondary N) is 3. The minimum Gasteiger partial charge on any atom is -0.463 e. The lowest BCUT2D eigenvalue weighted by molar-refractivity contribution is -0.146. The van der Waals surface area contributed by atoms with E-state index >= 15 is 4.39 Å². The van der Waals surface area contributed by atoms with E-state index in [0.717, 1.165) is 35.9 Å². The number of nitrogens with zero attached hydrogens (tertiary/aromatic N) is 3. The summed E-state index contributed by atoms with van der Waals surface area (Å²) in [5, 5.41) is 12.8. The Hall–Kier alpha value is -5.21. The van der Waals surface area contributed by atoms with Crippen LogP contribution in [0.2, 0.25) is 0 Å². The second-order valence-corrected chi connectivity index (χ2v) is 12.7. The van der Waals surface area contributed by atoms with Crippen LogP contribution in [0.4, 0.5) is 20.2 Å². The number of aromatic nitrogens is 3. The molecular formula is C34H30F2N6O5S. The molecule has 11 nitrogen and oxygen atoms in total. The Morgan fingerprint density at radius 3 is 2.50 bits per heavy atom. The lowest BCUT2D eigenvalue weighted by atomic mass is 10.0. The van der Waals surface area contributed by atoms with Crippen LogP contribution in [0.5, 0.6) is 11.5 Å². The minimum absolute atomic E-state index is 0.0548. The third-order valence-electron chi connectivity index (χ3n) is 8.33. The second-order valence-electron chi connectivity index (χ2n) is 11.7. The van der Waals surface area contributed by atoms with Gasteiger partial charge in [0.25, 0.3) is 0 Å². The Bertz CT molecular complexity index is 2000. The molecule has 0 spiro atoms. The standard InChI is InChI=1S/C34H30F2N6O5S/c35-21-3-5-22(6-4-21)40-32(44)34(10-11-34)33(45)41-23-7-8-27(24(36)16-23)47-28-9-13-38-26-17-29(48-30(26)28)20-18-39-42(19-20)14-15-46-31(43)25-2-1-12-37-25/h3-9,13,16-19,25,37H,1-2,10-12,14-15H2,(H,40,44)(H,41,45). The molecular weight excluding hydrogens is 642 g/mol. The highest BCUT2D eigenvalue weighted by molar-refractivity contribution is 7.22. The van der Waals surface area contributed by atoms with Gasteiger partial charge in [-0.05, 0) is 74.7 Å². The van der Waals surface area contributed by atoms with E-state index in [1.54, 1.807) is 23.1 Å². The summed E-state index contributed by atoms with van der Waals surface area (Å²) in [4.78, 5) is 43.3. The third kappa shape index (κ3) is 6.62. The van der Waals surface area contributed by atoms with Crippen LogP contribution in [0.3, 0.4) is 0 Å². The number of pyridine rings is 1. The summed E-state index contributed by atoms with van der Waals surface area (Å²) < 4.78 is 42.2. The van der Waals surface area contributed by atoms with Gasteiger partial charge in [-0.15, -0.1) is 11.3 Å². The number of carbonyl (C=O) groups excluding carboxylic acids is 3. The Kier molecular flexibility index (Phi) is 8.58. The van der Waals surface area contributed by atoms with Crippen molar-refractivity contribution in [3.05, 3.63) is 84.8 Å². The van der Waals surface area contributed by atoms with Gasteiger partial charge in [0.15, 0.2) is 11.6 Å². The number of hydrogen-bond donors (Lipinski definition) is 3. The zero-order valence-corrected chi connectivity index (χ0v) is 26.3. The Labute approximate surface area is 277 Å². The molecule has 0 radical (unpaired) electrons. The maximum Gasteiger partial charge on any atom is 0.323 e. The zero-order valence-electron chi connectivity index (χ0n) is 25.5. The number of esters is 1. The monoisotopic (exact) mass is 672 g/mol. The fourth-order valence-corrected chi connectivity index (χ4v) is 6.51. The number of benzene rings is 2. The first-order chi connectivity index (χ1) is 23.3. The molecule has 2 aromatic carbocycles. The number of fused-ring (bicyclic) bond motifs is 1. The fourth-order valence-electron chi connectivity index (χ4n) is 5.47. The summed E-state index contributed by atoms with van der Waals surface area (Å²) in [5.74, 6) is -2.10. The van der Waals surface area contributed by atoms with Gasteiger partial charge in [-0.25, -0.2) is 8.78 Å². The average Bonchev–Trinajstić information content (AvgIpc) is 3.41. The van der Waals surface area contributed by atoms with E-state index in [1.807, 2.05) is 12.3 Å². The maximum absolute atomic E-state index is 15.2. The topological polar surface area (TPSA) is 136 Å². The van der Waals surface area contributed by atoms with Crippen LogP contribution in [0, 0.1) is 17.0 Å². The molecule has 7 rings (SSSR count). The molecule has 1 saturated heterocycles. The smallest absolute Gasteiger partial charge is 0.323 e. The molecule has 4 heterocycles. The molecule has 2 aliphatic rings. The van der Waals surface area contributed by atoms with E-state index in [4.69, 9.17) is 9.47 Å². The second kappa shape index (κ2) is 13.1. The molecule has 1 saturated carbocycles. The molecule has 246 valence electrons. The van der Waals surface area contributed by atoms with Crippen molar-refractivity contribution in [2.24, 2.45) is 5.41 Å². The summed E-state index contributed by atoms with van der Waals surface area (Å²) in [7, 11) is 0. The van der Waals surface area contributed by atoms with E-state index in [2.05, 4.69) is 26.0 Å². The molecule has 1 atom stereocenters. The maximum atomic E-state index is 15.2. The lowest BCUT2D eigenvalue weighted by Gasteiger charge is -2.16. The summed E-state index contributed by atoms with van der Waals surface area (Å²) in [5.41, 5.74) is 0.773. The third-order valence-corrected chi connectivity index (χ3v) is 9.52. The van der Waals surface area contributed by atoms with E-state index in [0.29, 0.717) is 41.0 Å². The van der Waals surface area contributed by atoms with Crippen molar-refractivity contribution in [2.45, 2.75) is 38.3 Å². The molecule has 48 heavy (non-hydrogen) atoms. The Morgan fingerprint density at radius 1 is 1.00 bits per heavy atom. The van der Waals surface area contributed by atoms with Crippen LogP contribution >= 0.6 is 11.3 Å². The van der Waals surface area contributed by atoms with Gasteiger partial charge < -0.3 is 25.4 Å². The molecule has 1 aliphatic heterocycles. The highest BCUT2D eigenvalue weighted by atomic mass is 32.1. The minimum atomic E-state index is -1.28.